The zero-order valence-corrected chi connectivity index (χ0v) is 11.2. The summed E-state index contributed by atoms with van der Waals surface area (Å²) in [6.07, 6.45) is 0. The molecule has 9 heteroatoms. The second-order valence-electron chi connectivity index (χ2n) is 3.93. The van der Waals surface area contributed by atoms with Gasteiger partial charge in [0.1, 0.15) is 0 Å². The van der Waals surface area contributed by atoms with Crippen molar-refractivity contribution in [2.75, 3.05) is 6.54 Å². The van der Waals surface area contributed by atoms with Crippen LogP contribution in [0.2, 0.25) is 0 Å². The van der Waals surface area contributed by atoms with E-state index in [9.17, 15) is 23.3 Å². The standard InChI is InChI=1S/C10H13N3O5S/c1-6-3-8(4-9(7(6)2)13(15)16)19(17,18)12-5-10(11)14/h3-4,12H,5H2,1-2H3,(H2,11,14). The molecule has 0 aromatic heterocycles. The third-order valence-electron chi connectivity index (χ3n) is 2.56. The molecule has 0 aliphatic rings. The van der Waals surface area contributed by atoms with E-state index in [1.54, 1.807) is 6.92 Å². The van der Waals surface area contributed by atoms with E-state index in [1.807, 2.05) is 4.72 Å². The van der Waals surface area contributed by atoms with Crippen molar-refractivity contribution in [3.05, 3.63) is 33.4 Å². The summed E-state index contributed by atoms with van der Waals surface area (Å²) < 4.78 is 25.6. The number of nitro benzene ring substituents is 1. The largest absolute Gasteiger partial charge is 0.369 e. The van der Waals surface area contributed by atoms with Gasteiger partial charge in [-0.25, -0.2) is 13.1 Å². The van der Waals surface area contributed by atoms with Crippen LogP contribution in [-0.2, 0) is 14.8 Å². The van der Waals surface area contributed by atoms with Crippen molar-refractivity contribution in [2.45, 2.75) is 18.7 Å². The molecular formula is C10H13N3O5S. The second-order valence-corrected chi connectivity index (χ2v) is 5.70. The number of nitrogens with one attached hydrogen (secondary N) is 1. The lowest BCUT2D eigenvalue weighted by atomic mass is 10.1. The fourth-order valence-corrected chi connectivity index (χ4v) is 2.50. The molecular weight excluding hydrogens is 274 g/mol. The van der Waals surface area contributed by atoms with Crippen LogP contribution < -0.4 is 10.5 Å². The molecule has 0 spiro atoms. The molecule has 0 atom stereocenters. The van der Waals surface area contributed by atoms with Crippen LogP contribution in [0.25, 0.3) is 0 Å². The highest BCUT2D eigenvalue weighted by Crippen LogP contribution is 2.25. The zero-order chi connectivity index (χ0) is 14.8. The molecule has 0 aliphatic carbocycles. The Balaban J connectivity index is 3.28. The molecule has 0 unspecified atom stereocenters. The number of nitrogens with two attached hydrogens (primary N) is 1. The molecule has 0 bridgehead atoms. The number of benzene rings is 1. The van der Waals surface area contributed by atoms with Crippen molar-refractivity contribution in [1.29, 1.82) is 0 Å². The number of amides is 1. The van der Waals surface area contributed by atoms with Crippen LogP contribution in [0.3, 0.4) is 0 Å². The molecule has 0 saturated carbocycles. The highest BCUT2D eigenvalue weighted by Gasteiger charge is 2.21. The van der Waals surface area contributed by atoms with Crippen molar-refractivity contribution in [3.63, 3.8) is 0 Å². The number of rotatable bonds is 5. The van der Waals surface area contributed by atoms with E-state index in [0.29, 0.717) is 11.1 Å². The van der Waals surface area contributed by atoms with Crippen molar-refractivity contribution in [3.8, 4) is 0 Å². The van der Waals surface area contributed by atoms with Gasteiger partial charge in [0.25, 0.3) is 5.69 Å². The lowest BCUT2D eigenvalue weighted by Gasteiger charge is -2.08. The summed E-state index contributed by atoms with van der Waals surface area (Å²) in [5.74, 6) is -0.845. The van der Waals surface area contributed by atoms with Crippen LogP contribution in [0.4, 0.5) is 5.69 Å². The van der Waals surface area contributed by atoms with Gasteiger partial charge in [0.2, 0.25) is 15.9 Å². The van der Waals surface area contributed by atoms with E-state index in [0.717, 1.165) is 6.07 Å². The van der Waals surface area contributed by atoms with E-state index in [-0.39, 0.29) is 10.6 Å². The van der Waals surface area contributed by atoms with Crippen molar-refractivity contribution >= 4 is 21.6 Å². The predicted molar refractivity (Wildman–Crippen MR) is 67.0 cm³/mol. The third kappa shape index (κ3) is 3.48. The van der Waals surface area contributed by atoms with Gasteiger partial charge in [-0.3, -0.25) is 14.9 Å². The van der Waals surface area contributed by atoms with Crippen LogP contribution in [0, 0.1) is 24.0 Å². The number of sulfonamides is 1. The predicted octanol–water partition coefficient (Wildman–Crippen LogP) is -0.0248. The van der Waals surface area contributed by atoms with Gasteiger partial charge in [-0.05, 0) is 25.5 Å². The Morgan fingerprint density at radius 1 is 1.42 bits per heavy atom. The van der Waals surface area contributed by atoms with Gasteiger partial charge in [-0.1, -0.05) is 0 Å². The Kier molecular flexibility index (Phi) is 4.22. The fourth-order valence-electron chi connectivity index (χ4n) is 1.40. The summed E-state index contributed by atoms with van der Waals surface area (Å²) in [4.78, 5) is 20.5. The molecule has 0 fully saturated rings. The smallest absolute Gasteiger partial charge is 0.273 e. The van der Waals surface area contributed by atoms with Crippen molar-refractivity contribution < 1.29 is 18.1 Å². The number of primary amides is 1. The SMILES string of the molecule is Cc1cc(S(=O)(=O)NCC(N)=O)cc([N+](=O)[O-])c1C. The lowest BCUT2D eigenvalue weighted by molar-refractivity contribution is -0.385. The molecule has 0 aliphatic heterocycles. The molecule has 1 amide bonds. The first-order valence-corrected chi connectivity index (χ1v) is 6.67. The van der Waals surface area contributed by atoms with Gasteiger partial charge in [0, 0.05) is 11.6 Å². The Bertz CT molecular complexity index is 639. The first-order valence-electron chi connectivity index (χ1n) is 5.18. The van der Waals surface area contributed by atoms with Crippen LogP contribution in [0.15, 0.2) is 17.0 Å². The molecule has 3 N–H and O–H groups in total. The van der Waals surface area contributed by atoms with Gasteiger partial charge < -0.3 is 5.73 Å². The maximum absolute atomic E-state index is 11.8. The summed E-state index contributed by atoms with van der Waals surface area (Å²) in [5.41, 5.74) is 5.40. The van der Waals surface area contributed by atoms with Gasteiger partial charge >= 0.3 is 0 Å². The maximum atomic E-state index is 11.8. The van der Waals surface area contributed by atoms with Crippen LogP contribution in [0.1, 0.15) is 11.1 Å². The number of hydrogen-bond donors (Lipinski definition) is 2. The van der Waals surface area contributed by atoms with Crippen LogP contribution >= 0.6 is 0 Å². The Hall–Kier alpha value is -2.00. The summed E-state index contributed by atoms with van der Waals surface area (Å²) >= 11 is 0. The average Bonchev–Trinajstić information content (AvgIpc) is 2.29. The Labute approximate surface area is 109 Å². The minimum atomic E-state index is -4.01. The van der Waals surface area contributed by atoms with Crippen LogP contribution in [-0.4, -0.2) is 25.8 Å². The molecule has 1 aromatic rings. The minimum absolute atomic E-state index is 0.274. The van der Waals surface area contributed by atoms with E-state index >= 15 is 0 Å². The number of carbonyl (C=O) groups excluding carboxylic acids is 1. The number of aryl methyl sites for hydroxylation is 1. The van der Waals surface area contributed by atoms with E-state index in [1.165, 1.54) is 13.0 Å². The maximum Gasteiger partial charge on any atom is 0.273 e. The molecule has 19 heavy (non-hydrogen) atoms. The average molecular weight is 287 g/mol. The number of hydrogen-bond acceptors (Lipinski definition) is 5. The quantitative estimate of drug-likeness (QED) is 0.580. The first kappa shape index (κ1) is 15.1. The van der Waals surface area contributed by atoms with Crippen molar-refractivity contribution in [2.24, 2.45) is 5.73 Å². The van der Waals surface area contributed by atoms with Gasteiger partial charge in [-0.2, -0.15) is 0 Å². The number of carbonyl (C=O) groups is 1. The normalized spacial score (nSPS) is 11.3. The van der Waals surface area contributed by atoms with Gasteiger partial charge in [-0.15, -0.1) is 0 Å². The number of nitro groups is 1. The second kappa shape index (κ2) is 5.33. The minimum Gasteiger partial charge on any atom is -0.369 e. The summed E-state index contributed by atoms with van der Waals surface area (Å²) in [5, 5.41) is 10.8. The Morgan fingerprint density at radius 2 is 2.00 bits per heavy atom. The summed E-state index contributed by atoms with van der Waals surface area (Å²) in [6.45, 7) is 2.53. The van der Waals surface area contributed by atoms with Crippen molar-refractivity contribution in [1.82, 2.24) is 4.72 Å². The lowest BCUT2D eigenvalue weighted by Crippen LogP contribution is -2.33. The topological polar surface area (TPSA) is 132 Å². The van der Waals surface area contributed by atoms with Gasteiger partial charge in [0.05, 0.1) is 16.4 Å². The summed E-state index contributed by atoms with van der Waals surface area (Å²) in [7, 11) is -4.01. The zero-order valence-electron chi connectivity index (χ0n) is 10.3. The molecule has 0 saturated heterocycles. The third-order valence-corrected chi connectivity index (χ3v) is 3.94. The highest BCUT2D eigenvalue weighted by molar-refractivity contribution is 7.89. The molecule has 0 radical (unpaired) electrons. The van der Waals surface area contributed by atoms with Gasteiger partial charge in [0.15, 0.2) is 0 Å². The Morgan fingerprint density at radius 3 is 2.47 bits per heavy atom. The van der Waals surface area contributed by atoms with E-state index in [2.05, 4.69) is 0 Å². The number of nitrogens with zero attached hydrogens (tertiary/aromatic N) is 1. The van der Waals surface area contributed by atoms with E-state index < -0.39 is 27.4 Å². The fraction of sp³-hybridized carbons (Fsp3) is 0.300. The van der Waals surface area contributed by atoms with E-state index in [4.69, 9.17) is 5.73 Å². The molecule has 1 rings (SSSR count). The summed E-state index contributed by atoms with van der Waals surface area (Å²) in [6, 6.07) is 2.25. The molecule has 1 aromatic carbocycles. The molecule has 8 nitrogen and oxygen atoms in total. The molecule has 0 heterocycles. The highest BCUT2D eigenvalue weighted by atomic mass is 32.2. The first-order chi connectivity index (χ1) is 8.65. The van der Waals surface area contributed by atoms with Crippen LogP contribution in [0.5, 0.6) is 0 Å². The monoisotopic (exact) mass is 287 g/mol. The molecule has 104 valence electrons.